The smallest absolute Gasteiger partial charge is 0.261 e. The normalized spacial score (nSPS) is 10.3. The molecule has 2 aromatic rings. The first kappa shape index (κ1) is 15.0. The molecule has 0 radical (unpaired) electrons. The van der Waals surface area contributed by atoms with Gasteiger partial charge in [-0.3, -0.25) is 9.78 Å². The van der Waals surface area contributed by atoms with E-state index in [1.54, 1.807) is 11.1 Å². The molecule has 4 heteroatoms. The molecule has 0 aliphatic heterocycles. The van der Waals surface area contributed by atoms with E-state index in [1.165, 1.54) is 0 Å². The average molecular weight is 283 g/mol. The third-order valence-electron chi connectivity index (χ3n) is 3.42. The fourth-order valence-corrected chi connectivity index (χ4v) is 2.32. The highest BCUT2D eigenvalue weighted by atomic mass is 16.2. The number of nitrogens with zero attached hydrogens (tertiary/aromatic N) is 2. The summed E-state index contributed by atoms with van der Waals surface area (Å²) in [6.07, 6.45) is 1.64. The van der Waals surface area contributed by atoms with Crippen LogP contribution in [0.1, 0.15) is 28.5 Å². The Morgan fingerprint density at radius 2 is 2.05 bits per heavy atom. The number of pyridine rings is 1. The monoisotopic (exact) mass is 283 g/mol. The molecule has 21 heavy (non-hydrogen) atoms. The molecule has 0 atom stereocenters. The summed E-state index contributed by atoms with van der Waals surface area (Å²) in [7, 11) is 1.81. The van der Waals surface area contributed by atoms with Gasteiger partial charge in [-0.15, -0.1) is 0 Å². The Morgan fingerprint density at radius 1 is 1.29 bits per heavy atom. The molecule has 1 N–H and O–H groups in total. The predicted octanol–water partition coefficient (Wildman–Crippen LogP) is 3.41. The molecule has 1 aromatic heterocycles. The molecule has 110 valence electrons. The summed E-state index contributed by atoms with van der Waals surface area (Å²) < 4.78 is 0. The number of benzene rings is 1. The summed E-state index contributed by atoms with van der Waals surface area (Å²) in [5.74, 6) is -0.0417. The molecule has 1 aromatic carbocycles. The summed E-state index contributed by atoms with van der Waals surface area (Å²) in [6, 6.07) is 9.84. The Hall–Kier alpha value is -2.36. The maximum Gasteiger partial charge on any atom is 0.261 e. The molecule has 1 amide bonds. The molecule has 0 saturated carbocycles. The Labute approximate surface area is 125 Å². The van der Waals surface area contributed by atoms with E-state index in [4.69, 9.17) is 0 Å². The zero-order valence-electron chi connectivity index (χ0n) is 13.0. The number of carbonyl (C=O) groups excluding carboxylic acids is 1. The third kappa shape index (κ3) is 3.21. The zero-order valence-corrected chi connectivity index (χ0v) is 13.0. The lowest BCUT2D eigenvalue weighted by Gasteiger charge is -2.22. The second kappa shape index (κ2) is 6.39. The highest BCUT2D eigenvalue weighted by molar-refractivity contribution is 6.09. The van der Waals surface area contributed by atoms with Crippen molar-refractivity contribution in [3.63, 3.8) is 0 Å². The lowest BCUT2D eigenvalue weighted by atomic mass is 10.1. The minimum absolute atomic E-state index is 0.0417. The first-order valence-electron chi connectivity index (χ1n) is 7.09. The first-order chi connectivity index (χ1) is 10.1. The van der Waals surface area contributed by atoms with Gasteiger partial charge in [0.05, 0.1) is 11.3 Å². The molecule has 0 aliphatic rings. The number of aromatic nitrogens is 1. The van der Waals surface area contributed by atoms with Crippen molar-refractivity contribution in [2.75, 3.05) is 23.8 Å². The van der Waals surface area contributed by atoms with E-state index in [1.807, 2.05) is 58.2 Å². The second-order valence-electron chi connectivity index (χ2n) is 5.01. The van der Waals surface area contributed by atoms with Crippen LogP contribution in [0.2, 0.25) is 0 Å². The SMILES string of the molecule is CCN(C(=O)c1cnc(C)cc1NC)c1cccc(C)c1. The van der Waals surface area contributed by atoms with Gasteiger partial charge in [-0.05, 0) is 44.5 Å². The number of aryl methyl sites for hydroxylation is 2. The van der Waals surface area contributed by atoms with Crippen LogP contribution in [0.25, 0.3) is 0 Å². The third-order valence-corrected chi connectivity index (χ3v) is 3.42. The van der Waals surface area contributed by atoms with Crippen LogP contribution in [-0.2, 0) is 0 Å². The quantitative estimate of drug-likeness (QED) is 0.935. The van der Waals surface area contributed by atoms with Gasteiger partial charge in [0.25, 0.3) is 5.91 Å². The lowest BCUT2D eigenvalue weighted by molar-refractivity contribution is 0.0989. The van der Waals surface area contributed by atoms with E-state index in [-0.39, 0.29) is 5.91 Å². The van der Waals surface area contributed by atoms with Crippen molar-refractivity contribution in [2.24, 2.45) is 0 Å². The van der Waals surface area contributed by atoms with Gasteiger partial charge in [-0.25, -0.2) is 0 Å². The first-order valence-corrected chi connectivity index (χ1v) is 7.09. The minimum atomic E-state index is -0.0417. The van der Waals surface area contributed by atoms with Crippen LogP contribution >= 0.6 is 0 Å². The molecule has 0 fully saturated rings. The molecule has 0 unspecified atom stereocenters. The minimum Gasteiger partial charge on any atom is -0.387 e. The summed E-state index contributed by atoms with van der Waals surface area (Å²) in [5, 5.41) is 3.07. The Bertz CT molecular complexity index is 652. The van der Waals surface area contributed by atoms with E-state index >= 15 is 0 Å². The van der Waals surface area contributed by atoms with Crippen molar-refractivity contribution in [3.8, 4) is 0 Å². The molecule has 0 bridgehead atoms. The standard InChI is InChI=1S/C17H21N3O/c1-5-20(14-8-6-7-12(2)9-14)17(21)15-11-19-13(3)10-16(15)18-4/h6-11H,5H2,1-4H3,(H,18,19). The van der Waals surface area contributed by atoms with E-state index in [9.17, 15) is 4.79 Å². The van der Waals surface area contributed by atoms with Crippen LogP contribution in [0, 0.1) is 13.8 Å². The summed E-state index contributed by atoms with van der Waals surface area (Å²) in [4.78, 5) is 18.8. The van der Waals surface area contributed by atoms with Crippen molar-refractivity contribution in [3.05, 3.63) is 53.3 Å². The Kier molecular flexibility index (Phi) is 4.58. The number of amides is 1. The van der Waals surface area contributed by atoms with Gasteiger partial charge in [0.15, 0.2) is 0 Å². The zero-order chi connectivity index (χ0) is 15.4. The van der Waals surface area contributed by atoms with Gasteiger partial charge in [0.2, 0.25) is 0 Å². The van der Waals surface area contributed by atoms with E-state index < -0.39 is 0 Å². The van der Waals surface area contributed by atoms with Gasteiger partial charge < -0.3 is 10.2 Å². The van der Waals surface area contributed by atoms with Gasteiger partial charge in [0.1, 0.15) is 0 Å². The number of hydrogen-bond donors (Lipinski definition) is 1. The van der Waals surface area contributed by atoms with Gasteiger partial charge in [0, 0.05) is 31.2 Å². The van der Waals surface area contributed by atoms with Crippen molar-refractivity contribution < 1.29 is 4.79 Å². The van der Waals surface area contributed by atoms with Gasteiger partial charge in [-0.1, -0.05) is 12.1 Å². The maximum absolute atomic E-state index is 12.8. The van der Waals surface area contributed by atoms with Crippen LogP contribution in [0.3, 0.4) is 0 Å². The highest BCUT2D eigenvalue weighted by Gasteiger charge is 2.19. The van der Waals surface area contributed by atoms with Crippen LogP contribution in [0.4, 0.5) is 11.4 Å². The predicted molar refractivity (Wildman–Crippen MR) is 87.1 cm³/mol. The summed E-state index contributed by atoms with van der Waals surface area (Å²) in [5.41, 5.74) is 4.32. The van der Waals surface area contributed by atoms with Crippen LogP contribution < -0.4 is 10.2 Å². The second-order valence-corrected chi connectivity index (χ2v) is 5.01. The van der Waals surface area contributed by atoms with Crippen molar-refractivity contribution in [2.45, 2.75) is 20.8 Å². The van der Waals surface area contributed by atoms with Crippen LogP contribution in [-0.4, -0.2) is 24.5 Å². The summed E-state index contributed by atoms with van der Waals surface area (Å²) in [6.45, 7) is 6.52. The van der Waals surface area contributed by atoms with Crippen LogP contribution in [0.15, 0.2) is 36.5 Å². The largest absolute Gasteiger partial charge is 0.387 e. The fourth-order valence-electron chi connectivity index (χ4n) is 2.32. The number of nitrogens with one attached hydrogen (secondary N) is 1. The molecule has 2 rings (SSSR count). The number of carbonyl (C=O) groups is 1. The van der Waals surface area contributed by atoms with Crippen molar-refractivity contribution in [1.29, 1.82) is 0 Å². The van der Waals surface area contributed by atoms with E-state index in [0.717, 1.165) is 22.6 Å². The highest BCUT2D eigenvalue weighted by Crippen LogP contribution is 2.22. The van der Waals surface area contributed by atoms with Crippen molar-refractivity contribution >= 4 is 17.3 Å². The van der Waals surface area contributed by atoms with Gasteiger partial charge >= 0.3 is 0 Å². The number of hydrogen-bond acceptors (Lipinski definition) is 3. The molecule has 1 heterocycles. The molecular formula is C17H21N3O. The molecule has 0 aliphatic carbocycles. The Balaban J connectivity index is 2.41. The number of rotatable bonds is 4. The summed E-state index contributed by atoms with van der Waals surface area (Å²) >= 11 is 0. The average Bonchev–Trinajstić information content (AvgIpc) is 2.47. The topological polar surface area (TPSA) is 45.2 Å². The fraction of sp³-hybridized carbons (Fsp3) is 0.294. The lowest BCUT2D eigenvalue weighted by Crippen LogP contribution is -2.31. The number of anilines is 2. The Morgan fingerprint density at radius 3 is 2.67 bits per heavy atom. The molecule has 4 nitrogen and oxygen atoms in total. The maximum atomic E-state index is 12.8. The molecular weight excluding hydrogens is 262 g/mol. The van der Waals surface area contributed by atoms with E-state index in [2.05, 4.69) is 10.3 Å². The molecule has 0 spiro atoms. The van der Waals surface area contributed by atoms with Gasteiger partial charge in [-0.2, -0.15) is 0 Å². The molecule has 0 saturated heterocycles. The van der Waals surface area contributed by atoms with Crippen LogP contribution in [0.5, 0.6) is 0 Å². The van der Waals surface area contributed by atoms with E-state index in [0.29, 0.717) is 12.1 Å². The van der Waals surface area contributed by atoms with Crippen molar-refractivity contribution in [1.82, 2.24) is 4.98 Å².